The van der Waals surface area contributed by atoms with E-state index in [4.69, 9.17) is 5.73 Å². The van der Waals surface area contributed by atoms with E-state index < -0.39 is 45.7 Å². The zero-order valence-corrected chi connectivity index (χ0v) is 9.10. The fourth-order valence-corrected chi connectivity index (χ4v) is 1.04. The lowest BCUT2D eigenvalue weighted by atomic mass is 10.1. The highest BCUT2D eigenvalue weighted by Crippen LogP contribution is 2.22. The standard InChI is InChI=1S/C8H4F5N3OS/c9-2-1(7(17)15-16-8(14)18)3(10)5(12)6(13)4(2)11/h(H,15,17)(H3,14,16,18). The third-order valence-electron chi connectivity index (χ3n) is 1.74. The minimum Gasteiger partial charge on any atom is -0.375 e. The van der Waals surface area contributed by atoms with Crippen LogP contribution in [-0.4, -0.2) is 11.0 Å². The second-order valence-electron chi connectivity index (χ2n) is 2.89. The summed E-state index contributed by atoms with van der Waals surface area (Å²) in [5.74, 6) is -12.9. The van der Waals surface area contributed by atoms with Crippen LogP contribution in [-0.2, 0) is 0 Å². The molecule has 4 N–H and O–H groups in total. The van der Waals surface area contributed by atoms with E-state index in [0.717, 1.165) is 0 Å². The van der Waals surface area contributed by atoms with E-state index in [-0.39, 0.29) is 0 Å². The molecule has 1 aromatic rings. The average Bonchev–Trinajstić information content (AvgIpc) is 2.31. The molecule has 0 saturated heterocycles. The number of rotatable bonds is 1. The SMILES string of the molecule is NC(=S)NNC(=O)c1c(F)c(F)c(F)c(F)c1F. The number of thiocarbonyl (C=S) groups is 1. The number of amides is 1. The monoisotopic (exact) mass is 285 g/mol. The molecule has 4 nitrogen and oxygen atoms in total. The van der Waals surface area contributed by atoms with Gasteiger partial charge in [-0.3, -0.25) is 15.6 Å². The van der Waals surface area contributed by atoms with Gasteiger partial charge < -0.3 is 5.73 Å². The molecule has 1 amide bonds. The van der Waals surface area contributed by atoms with Crippen LogP contribution < -0.4 is 16.6 Å². The van der Waals surface area contributed by atoms with Gasteiger partial charge in [0.25, 0.3) is 5.91 Å². The number of hydrazine groups is 1. The Morgan fingerprint density at radius 3 is 1.67 bits per heavy atom. The van der Waals surface area contributed by atoms with Crippen LogP contribution in [0.2, 0.25) is 0 Å². The van der Waals surface area contributed by atoms with Crippen LogP contribution in [0.15, 0.2) is 0 Å². The number of carbonyl (C=O) groups is 1. The van der Waals surface area contributed by atoms with Crippen LogP contribution in [0.25, 0.3) is 0 Å². The average molecular weight is 285 g/mol. The third-order valence-corrected chi connectivity index (χ3v) is 1.84. The van der Waals surface area contributed by atoms with Gasteiger partial charge >= 0.3 is 0 Å². The molecule has 0 bridgehead atoms. The molecule has 10 heteroatoms. The molecule has 0 spiro atoms. The Bertz CT molecular complexity index is 507. The van der Waals surface area contributed by atoms with Gasteiger partial charge in [0, 0.05) is 0 Å². The fraction of sp³-hybridized carbons (Fsp3) is 0. The number of nitrogens with two attached hydrogens (primary N) is 1. The molecule has 0 fully saturated rings. The van der Waals surface area contributed by atoms with E-state index in [1.165, 1.54) is 0 Å². The lowest BCUT2D eigenvalue weighted by molar-refractivity contribution is 0.0932. The topological polar surface area (TPSA) is 67.2 Å². The second-order valence-corrected chi connectivity index (χ2v) is 3.33. The zero-order chi connectivity index (χ0) is 14.0. The number of nitrogens with one attached hydrogen (secondary N) is 2. The summed E-state index contributed by atoms with van der Waals surface area (Å²) in [6, 6.07) is 0. The maximum absolute atomic E-state index is 13.1. The van der Waals surface area contributed by atoms with Crippen molar-refractivity contribution in [2.45, 2.75) is 0 Å². The van der Waals surface area contributed by atoms with E-state index in [9.17, 15) is 26.7 Å². The van der Waals surface area contributed by atoms with Crippen molar-refractivity contribution in [2.75, 3.05) is 0 Å². The molecular formula is C8H4F5N3OS. The van der Waals surface area contributed by atoms with Gasteiger partial charge in [-0.25, -0.2) is 22.0 Å². The Balaban J connectivity index is 3.24. The second kappa shape index (κ2) is 5.12. The van der Waals surface area contributed by atoms with Gasteiger partial charge in [-0.2, -0.15) is 0 Å². The maximum Gasteiger partial charge on any atom is 0.275 e. The van der Waals surface area contributed by atoms with Crippen molar-refractivity contribution in [3.05, 3.63) is 34.6 Å². The molecule has 1 rings (SSSR count). The predicted octanol–water partition coefficient (Wildman–Crippen LogP) is 0.860. The van der Waals surface area contributed by atoms with Gasteiger partial charge in [-0.15, -0.1) is 0 Å². The molecule has 0 heterocycles. The Hall–Kier alpha value is -1.97. The van der Waals surface area contributed by atoms with Crippen molar-refractivity contribution < 1.29 is 26.7 Å². The van der Waals surface area contributed by atoms with Crippen LogP contribution >= 0.6 is 12.2 Å². The first-order chi connectivity index (χ1) is 8.27. The van der Waals surface area contributed by atoms with E-state index in [1.807, 2.05) is 0 Å². The van der Waals surface area contributed by atoms with Crippen molar-refractivity contribution in [3.63, 3.8) is 0 Å². The molecule has 0 aliphatic carbocycles. The summed E-state index contributed by atoms with van der Waals surface area (Å²) >= 11 is 4.26. The highest BCUT2D eigenvalue weighted by Gasteiger charge is 2.29. The molecular weight excluding hydrogens is 281 g/mol. The summed E-state index contributed by atoms with van der Waals surface area (Å²) < 4.78 is 64.4. The van der Waals surface area contributed by atoms with E-state index in [2.05, 4.69) is 12.2 Å². The molecule has 98 valence electrons. The molecule has 0 aliphatic heterocycles. The number of carbonyl (C=O) groups excluding carboxylic acids is 1. The summed E-state index contributed by atoms with van der Waals surface area (Å²) in [5.41, 5.74) is 6.60. The van der Waals surface area contributed by atoms with Crippen molar-refractivity contribution in [1.82, 2.24) is 10.9 Å². The lowest BCUT2D eigenvalue weighted by Gasteiger charge is -2.09. The Morgan fingerprint density at radius 1 is 0.889 bits per heavy atom. The fourth-order valence-electron chi connectivity index (χ4n) is 0.985. The van der Waals surface area contributed by atoms with Gasteiger partial charge in [0.2, 0.25) is 5.82 Å². The smallest absolute Gasteiger partial charge is 0.275 e. The van der Waals surface area contributed by atoms with Crippen LogP contribution in [0.3, 0.4) is 0 Å². The van der Waals surface area contributed by atoms with Crippen LogP contribution in [0, 0.1) is 29.1 Å². The van der Waals surface area contributed by atoms with Crippen molar-refractivity contribution in [2.24, 2.45) is 5.73 Å². The minimum absolute atomic E-state index is 0.466. The van der Waals surface area contributed by atoms with Crippen molar-refractivity contribution in [1.29, 1.82) is 0 Å². The lowest BCUT2D eigenvalue weighted by Crippen LogP contribution is -2.45. The summed E-state index contributed by atoms with van der Waals surface area (Å²) in [5, 5.41) is -0.466. The minimum atomic E-state index is -2.36. The molecule has 0 radical (unpaired) electrons. The van der Waals surface area contributed by atoms with Crippen LogP contribution in [0.5, 0.6) is 0 Å². The number of benzene rings is 1. The number of halogens is 5. The quantitative estimate of drug-likeness (QED) is 0.235. The Labute approximate surface area is 102 Å². The molecule has 0 aromatic heterocycles. The maximum atomic E-state index is 13.1. The van der Waals surface area contributed by atoms with Crippen molar-refractivity contribution in [3.8, 4) is 0 Å². The molecule has 0 atom stereocenters. The molecule has 0 unspecified atom stereocenters. The highest BCUT2D eigenvalue weighted by molar-refractivity contribution is 7.80. The first kappa shape index (κ1) is 14.1. The van der Waals surface area contributed by atoms with Gasteiger partial charge in [0.05, 0.1) is 0 Å². The molecule has 1 aromatic carbocycles. The largest absolute Gasteiger partial charge is 0.375 e. The summed E-state index contributed by atoms with van der Waals surface area (Å²) in [6.45, 7) is 0. The summed E-state index contributed by atoms with van der Waals surface area (Å²) in [4.78, 5) is 11.2. The van der Waals surface area contributed by atoms with Gasteiger partial charge in [-0.05, 0) is 12.2 Å². The van der Waals surface area contributed by atoms with Gasteiger partial charge in [0.1, 0.15) is 5.56 Å². The van der Waals surface area contributed by atoms with Crippen LogP contribution in [0.4, 0.5) is 22.0 Å². The van der Waals surface area contributed by atoms with Crippen LogP contribution in [0.1, 0.15) is 10.4 Å². The Kier molecular flexibility index (Phi) is 4.01. The first-order valence-corrected chi connectivity index (χ1v) is 4.55. The summed E-state index contributed by atoms with van der Waals surface area (Å²) in [7, 11) is 0. The molecule has 0 saturated carbocycles. The molecule has 0 aliphatic rings. The van der Waals surface area contributed by atoms with Crippen molar-refractivity contribution >= 4 is 23.2 Å². The number of hydrogen-bond acceptors (Lipinski definition) is 2. The summed E-state index contributed by atoms with van der Waals surface area (Å²) in [6.07, 6.45) is 0. The normalized spacial score (nSPS) is 10.1. The third kappa shape index (κ3) is 2.47. The molecule has 18 heavy (non-hydrogen) atoms. The highest BCUT2D eigenvalue weighted by atomic mass is 32.1. The van der Waals surface area contributed by atoms with E-state index >= 15 is 0 Å². The van der Waals surface area contributed by atoms with Gasteiger partial charge in [-0.1, -0.05) is 0 Å². The zero-order valence-electron chi connectivity index (χ0n) is 8.28. The number of hydrogen-bond donors (Lipinski definition) is 3. The Morgan fingerprint density at radius 2 is 1.28 bits per heavy atom. The van der Waals surface area contributed by atoms with Gasteiger partial charge in [0.15, 0.2) is 28.4 Å². The van der Waals surface area contributed by atoms with E-state index in [1.54, 1.807) is 10.9 Å². The predicted molar refractivity (Wildman–Crippen MR) is 53.6 cm³/mol. The van der Waals surface area contributed by atoms with E-state index in [0.29, 0.717) is 0 Å². The first-order valence-electron chi connectivity index (χ1n) is 4.14.